The zero-order valence-corrected chi connectivity index (χ0v) is 7.54. The minimum absolute atomic E-state index is 0.494. The van der Waals surface area contributed by atoms with Crippen molar-refractivity contribution in [2.75, 3.05) is 0 Å². The van der Waals surface area contributed by atoms with Gasteiger partial charge in [-0.25, -0.2) is 0 Å². The lowest BCUT2D eigenvalue weighted by molar-refractivity contribution is 1.45. The molecular weight excluding hydrogens is 92.2 g/mol. The molecule has 5 heavy (non-hydrogen) atoms. The summed E-state index contributed by atoms with van der Waals surface area (Å²) in [4.78, 5) is 0. The van der Waals surface area contributed by atoms with Crippen molar-refractivity contribution in [3.8, 4) is 0 Å². The van der Waals surface area contributed by atoms with Crippen molar-refractivity contribution in [3.63, 3.8) is 0 Å². The fourth-order valence-electron chi connectivity index (χ4n) is 0.354. The van der Waals surface area contributed by atoms with Gasteiger partial charge in [-0.15, -0.1) is 0 Å². The molecule has 0 aliphatic rings. The van der Waals surface area contributed by atoms with E-state index in [2.05, 4.69) is 6.92 Å². The minimum atomic E-state index is 0.494. The first-order valence-electron chi connectivity index (χ1n) is 2.41. The Labute approximate surface area is 39.2 Å². The molecule has 0 aromatic carbocycles. The van der Waals surface area contributed by atoms with Gasteiger partial charge in [0.25, 0.3) is 0 Å². The van der Waals surface area contributed by atoms with Crippen LogP contribution in [0.25, 0.3) is 0 Å². The summed E-state index contributed by atoms with van der Waals surface area (Å²) in [7, 11) is 1.95. The van der Waals surface area contributed by atoms with Crippen LogP contribution in [-0.2, 0) is 0 Å². The summed E-state index contributed by atoms with van der Waals surface area (Å²) < 4.78 is 0. The van der Waals surface area contributed by atoms with Crippen LogP contribution >= 0.6 is 0 Å². The standard InChI is InChI=1S/C3H12Si2/c1-2-5-3-4/h2-3,5H2,1,4H3. The van der Waals surface area contributed by atoms with Gasteiger partial charge in [0.1, 0.15) is 0 Å². The van der Waals surface area contributed by atoms with Crippen LogP contribution in [0.15, 0.2) is 0 Å². The van der Waals surface area contributed by atoms with E-state index in [0.29, 0.717) is 9.52 Å². The van der Waals surface area contributed by atoms with Crippen molar-refractivity contribution in [2.45, 2.75) is 18.6 Å². The summed E-state index contributed by atoms with van der Waals surface area (Å²) in [6, 6.07) is 1.52. The normalized spacial score (nSPS) is 11.4. The van der Waals surface area contributed by atoms with Crippen molar-refractivity contribution >= 4 is 19.8 Å². The molecule has 0 N–H and O–H groups in total. The van der Waals surface area contributed by atoms with Crippen molar-refractivity contribution in [1.82, 2.24) is 0 Å². The largest absolute Gasteiger partial charge is 0.0750 e. The highest BCUT2D eigenvalue weighted by molar-refractivity contribution is 6.46. The second-order valence-corrected chi connectivity index (χ2v) is 7.06. The van der Waals surface area contributed by atoms with E-state index in [-0.39, 0.29) is 0 Å². The van der Waals surface area contributed by atoms with Gasteiger partial charge in [0, 0.05) is 9.52 Å². The Kier molecular flexibility index (Phi) is 4.82. The van der Waals surface area contributed by atoms with E-state index < -0.39 is 0 Å². The highest BCUT2D eigenvalue weighted by Crippen LogP contribution is 1.73. The van der Waals surface area contributed by atoms with E-state index in [1.165, 1.54) is 16.3 Å². The van der Waals surface area contributed by atoms with Crippen LogP contribution in [0.5, 0.6) is 0 Å². The molecule has 0 aromatic rings. The molecule has 0 saturated carbocycles. The van der Waals surface area contributed by atoms with Gasteiger partial charge in [-0.05, 0) is 10.2 Å². The Morgan fingerprint density at radius 1 is 1.80 bits per heavy atom. The Bertz CT molecular complexity index is 12.4. The predicted octanol–water partition coefficient (Wildman–Crippen LogP) is -0.665. The lowest BCUT2D eigenvalue weighted by atomic mass is 11.0. The summed E-state index contributed by atoms with van der Waals surface area (Å²) in [6.45, 7) is 2.30. The van der Waals surface area contributed by atoms with Crippen LogP contribution in [0, 0.1) is 0 Å². The number of hydrogen-bond acceptors (Lipinski definition) is 0. The summed E-state index contributed by atoms with van der Waals surface area (Å²) in [5, 5.41) is 0. The van der Waals surface area contributed by atoms with E-state index >= 15 is 0 Å². The third-order valence-electron chi connectivity index (χ3n) is 0.707. The van der Waals surface area contributed by atoms with Crippen molar-refractivity contribution < 1.29 is 0 Å². The molecule has 0 amide bonds. The van der Waals surface area contributed by atoms with Crippen LogP contribution in [0.1, 0.15) is 6.92 Å². The van der Waals surface area contributed by atoms with E-state index in [0.717, 1.165) is 0 Å². The molecule has 2 heteroatoms. The maximum absolute atomic E-state index is 2.30. The molecule has 0 fully saturated rings. The second-order valence-electron chi connectivity index (χ2n) is 1.35. The fraction of sp³-hybridized carbons (Fsp3) is 1.00. The van der Waals surface area contributed by atoms with Gasteiger partial charge in [0.05, 0.1) is 0 Å². The molecule has 0 atom stereocenters. The minimum Gasteiger partial charge on any atom is -0.0750 e. The van der Waals surface area contributed by atoms with Crippen molar-refractivity contribution in [3.05, 3.63) is 0 Å². The van der Waals surface area contributed by atoms with Crippen LogP contribution in [0.4, 0.5) is 0 Å². The third kappa shape index (κ3) is 4.43. The molecule has 0 aliphatic carbocycles. The first-order valence-corrected chi connectivity index (χ1v) is 5.83. The van der Waals surface area contributed by atoms with E-state index in [1.54, 1.807) is 5.67 Å². The Morgan fingerprint density at radius 3 is 2.40 bits per heavy atom. The van der Waals surface area contributed by atoms with Crippen molar-refractivity contribution in [2.24, 2.45) is 0 Å². The molecule has 0 spiro atoms. The average molecular weight is 104 g/mol. The molecule has 0 unspecified atom stereocenters. The molecule has 0 rings (SSSR count). The first kappa shape index (κ1) is 5.43. The van der Waals surface area contributed by atoms with E-state index in [1.807, 2.05) is 0 Å². The monoisotopic (exact) mass is 104 g/mol. The van der Waals surface area contributed by atoms with E-state index in [4.69, 9.17) is 0 Å². The molecular formula is C3H12Si2. The van der Waals surface area contributed by atoms with Gasteiger partial charge in [-0.2, -0.15) is 0 Å². The zero-order chi connectivity index (χ0) is 4.12. The number of hydrogen-bond donors (Lipinski definition) is 0. The molecule has 0 aliphatic heterocycles. The highest BCUT2D eigenvalue weighted by Gasteiger charge is 1.70. The lowest BCUT2D eigenvalue weighted by Gasteiger charge is -1.77. The van der Waals surface area contributed by atoms with Gasteiger partial charge >= 0.3 is 0 Å². The van der Waals surface area contributed by atoms with Gasteiger partial charge in [-0.1, -0.05) is 18.6 Å². The summed E-state index contributed by atoms with van der Waals surface area (Å²) >= 11 is 0. The smallest absolute Gasteiger partial charge is 0.0161 e. The molecule has 0 saturated heterocycles. The number of rotatable bonds is 2. The topological polar surface area (TPSA) is 0 Å². The Morgan fingerprint density at radius 2 is 2.40 bits per heavy atom. The predicted molar refractivity (Wildman–Crippen MR) is 33.8 cm³/mol. The van der Waals surface area contributed by atoms with E-state index in [9.17, 15) is 0 Å². The maximum atomic E-state index is 2.30. The first-order chi connectivity index (χ1) is 2.41. The average Bonchev–Trinajstić information content (AvgIpc) is 1.41. The molecule has 32 valence electrons. The second kappa shape index (κ2) is 4.43. The SMILES string of the molecule is CC[SiH2]C[SiH3]. The summed E-state index contributed by atoms with van der Waals surface area (Å²) in [5.41, 5.74) is 1.62. The lowest BCUT2D eigenvalue weighted by Crippen LogP contribution is -1.80. The summed E-state index contributed by atoms with van der Waals surface area (Å²) in [5.74, 6) is 0. The molecule has 0 radical (unpaired) electrons. The fourth-order valence-corrected chi connectivity index (χ4v) is 3.18. The molecule has 0 bridgehead atoms. The Hall–Kier alpha value is 0.434. The van der Waals surface area contributed by atoms with Crippen LogP contribution in [0.2, 0.25) is 11.7 Å². The third-order valence-corrected chi connectivity index (χ3v) is 4.24. The van der Waals surface area contributed by atoms with Crippen LogP contribution in [0.3, 0.4) is 0 Å². The van der Waals surface area contributed by atoms with Crippen LogP contribution < -0.4 is 0 Å². The van der Waals surface area contributed by atoms with Gasteiger partial charge < -0.3 is 0 Å². The zero-order valence-electron chi connectivity index (χ0n) is 4.12. The molecule has 0 aromatic heterocycles. The van der Waals surface area contributed by atoms with Gasteiger partial charge in [0.2, 0.25) is 0 Å². The molecule has 0 nitrogen and oxygen atoms in total. The quantitative estimate of drug-likeness (QED) is 0.408. The van der Waals surface area contributed by atoms with Crippen LogP contribution in [-0.4, -0.2) is 19.8 Å². The van der Waals surface area contributed by atoms with Gasteiger partial charge in [0.15, 0.2) is 0 Å². The van der Waals surface area contributed by atoms with Gasteiger partial charge in [-0.3, -0.25) is 0 Å². The maximum Gasteiger partial charge on any atom is 0.0161 e. The molecule has 0 heterocycles. The highest BCUT2D eigenvalue weighted by atomic mass is 28.2. The summed E-state index contributed by atoms with van der Waals surface area (Å²) in [6.07, 6.45) is 0. The van der Waals surface area contributed by atoms with Crippen molar-refractivity contribution in [1.29, 1.82) is 0 Å². The Balaban J connectivity index is 2.19.